The SMILES string of the molecule is CCN(CC)[C@@H](CC(C)C)C(=O)Nc1cc(N(C)c2cc(=O)oc3ccccc23)ccc1OC. The molecule has 0 saturated carbocycles. The number of carbonyl (C=O) groups is 1. The maximum absolute atomic E-state index is 13.4. The molecule has 1 heterocycles. The van der Waals surface area contributed by atoms with E-state index in [9.17, 15) is 9.59 Å². The number of ether oxygens (including phenoxy) is 1. The van der Waals surface area contributed by atoms with Crippen molar-refractivity contribution in [3.8, 4) is 5.75 Å². The van der Waals surface area contributed by atoms with Crippen molar-refractivity contribution in [1.82, 2.24) is 4.90 Å². The number of likely N-dealkylation sites (N-methyl/N-ethyl adjacent to an activating group) is 1. The molecule has 0 spiro atoms. The lowest BCUT2D eigenvalue weighted by Gasteiger charge is -2.30. The summed E-state index contributed by atoms with van der Waals surface area (Å²) in [5.41, 5.74) is 2.21. The Morgan fingerprint density at radius 1 is 1.09 bits per heavy atom. The van der Waals surface area contributed by atoms with E-state index in [2.05, 4.69) is 37.9 Å². The molecule has 7 heteroatoms. The Labute approximate surface area is 201 Å². The number of para-hydroxylation sites is 1. The molecule has 0 bridgehead atoms. The van der Waals surface area contributed by atoms with Crippen molar-refractivity contribution in [2.75, 3.05) is 37.5 Å². The van der Waals surface area contributed by atoms with E-state index in [4.69, 9.17) is 9.15 Å². The molecule has 0 fully saturated rings. The van der Waals surface area contributed by atoms with Gasteiger partial charge in [-0.1, -0.05) is 39.8 Å². The highest BCUT2D eigenvalue weighted by Gasteiger charge is 2.26. The zero-order valence-electron chi connectivity index (χ0n) is 20.9. The van der Waals surface area contributed by atoms with Gasteiger partial charge in [-0.15, -0.1) is 0 Å². The minimum absolute atomic E-state index is 0.0543. The minimum atomic E-state index is -0.418. The summed E-state index contributed by atoms with van der Waals surface area (Å²) in [5, 5.41) is 3.92. The second-order valence-corrected chi connectivity index (χ2v) is 8.75. The number of hydrogen-bond acceptors (Lipinski definition) is 6. The molecule has 1 aromatic heterocycles. The highest BCUT2D eigenvalue weighted by atomic mass is 16.5. The van der Waals surface area contributed by atoms with Gasteiger partial charge >= 0.3 is 5.63 Å². The van der Waals surface area contributed by atoms with Crippen molar-refractivity contribution < 1.29 is 13.9 Å². The number of benzene rings is 2. The largest absolute Gasteiger partial charge is 0.495 e. The van der Waals surface area contributed by atoms with Gasteiger partial charge in [-0.2, -0.15) is 0 Å². The van der Waals surface area contributed by atoms with Gasteiger partial charge in [-0.3, -0.25) is 9.69 Å². The average molecular weight is 466 g/mol. The third-order valence-electron chi connectivity index (χ3n) is 6.07. The first-order valence-corrected chi connectivity index (χ1v) is 11.8. The van der Waals surface area contributed by atoms with Crippen LogP contribution in [0.4, 0.5) is 17.1 Å². The number of rotatable bonds is 10. The molecule has 0 radical (unpaired) electrons. The van der Waals surface area contributed by atoms with E-state index >= 15 is 0 Å². The zero-order chi connectivity index (χ0) is 24.8. The highest BCUT2D eigenvalue weighted by molar-refractivity contribution is 5.97. The molecule has 0 aliphatic carbocycles. The number of nitrogens with zero attached hydrogens (tertiary/aromatic N) is 2. The van der Waals surface area contributed by atoms with Crippen LogP contribution in [0.15, 0.2) is 57.7 Å². The molecule has 0 saturated heterocycles. The van der Waals surface area contributed by atoms with Crippen LogP contribution in [-0.4, -0.2) is 44.1 Å². The smallest absolute Gasteiger partial charge is 0.338 e. The van der Waals surface area contributed by atoms with Gasteiger partial charge in [0.2, 0.25) is 5.91 Å². The van der Waals surface area contributed by atoms with Crippen molar-refractivity contribution in [2.45, 2.75) is 40.2 Å². The monoisotopic (exact) mass is 465 g/mol. The Morgan fingerprint density at radius 3 is 2.44 bits per heavy atom. The fraction of sp³-hybridized carbons (Fsp3) is 0.407. The fourth-order valence-electron chi connectivity index (χ4n) is 4.26. The molecule has 1 N–H and O–H groups in total. The number of nitrogens with one attached hydrogen (secondary N) is 1. The maximum atomic E-state index is 13.4. The molecule has 0 unspecified atom stereocenters. The summed E-state index contributed by atoms with van der Waals surface area (Å²) in [7, 11) is 3.46. The molecule has 3 rings (SSSR count). The summed E-state index contributed by atoms with van der Waals surface area (Å²) >= 11 is 0. The molecular formula is C27H35N3O4. The quantitative estimate of drug-likeness (QED) is 0.412. The second-order valence-electron chi connectivity index (χ2n) is 8.75. The molecular weight excluding hydrogens is 430 g/mol. The summed E-state index contributed by atoms with van der Waals surface area (Å²) in [6, 6.07) is 14.3. The Bertz CT molecular complexity index is 1180. The van der Waals surface area contributed by atoms with Crippen molar-refractivity contribution in [3.05, 3.63) is 59.0 Å². The van der Waals surface area contributed by atoms with Crippen LogP contribution in [0.1, 0.15) is 34.1 Å². The predicted octanol–water partition coefficient (Wildman–Crippen LogP) is 5.26. The molecule has 7 nitrogen and oxygen atoms in total. The molecule has 0 aliphatic heterocycles. The molecule has 3 aromatic rings. The van der Waals surface area contributed by atoms with Gasteiger partial charge in [-0.05, 0) is 55.8 Å². The minimum Gasteiger partial charge on any atom is -0.495 e. The normalized spacial score (nSPS) is 12.2. The van der Waals surface area contributed by atoms with Crippen LogP contribution in [0.3, 0.4) is 0 Å². The standard InChI is InChI=1S/C27H35N3O4/c1-7-30(8-2)23(15-18(3)4)27(32)28-21-16-19(13-14-25(21)33-6)29(5)22-17-26(31)34-24-12-10-9-11-20(22)24/h9-14,16-18,23H,7-8,15H2,1-6H3,(H,28,32)/t23-/m0/s1. The van der Waals surface area contributed by atoms with E-state index in [0.29, 0.717) is 22.9 Å². The fourth-order valence-corrected chi connectivity index (χ4v) is 4.26. The van der Waals surface area contributed by atoms with Gasteiger partial charge in [0, 0.05) is 24.2 Å². The Kier molecular flexibility index (Phi) is 8.34. The van der Waals surface area contributed by atoms with Crippen LogP contribution < -0.4 is 20.6 Å². The van der Waals surface area contributed by atoms with E-state index in [-0.39, 0.29) is 11.9 Å². The molecule has 1 atom stereocenters. The topological polar surface area (TPSA) is 75.0 Å². The summed E-state index contributed by atoms with van der Waals surface area (Å²) in [6.07, 6.45) is 0.765. The third kappa shape index (κ3) is 5.59. The zero-order valence-corrected chi connectivity index (χ0v) is 20.9. The number of anilines is 3. The van der Waals surface area contributed by atoms with Crippen LogP contribution in [0.5, 0.6) is 5.75 Å². The third-order valence-corrected chi connectivity index (χ3v) is 6.07. The van der Waals surface area contributed by atoms with E-state index < -0.39 is 5.63 Å². The van der Waals surface area contributed by atoms with E-state index in [1.54, 1.807) is 13.2 Å². The van der Waals surface area contributed by atoms with Crippen LogP contribution in [0.2, 0.25) is 0 Å². The highest BCUT2D eigenvalue weighted by Crippen LogP contribution is 2.35. The first kappa shape index (κ1) is 25.3. The summed E-state index contributed by atoms with van der Waals surface area (Å²) in [5.74, 6) is 0.904. The van der Waals surface area contributed by atoms with Crippen molar-refractivity contribution in [3.63, 3.8) is 0 Å². The van der Waals surface area contributed by atoms with Crippen LogP contribution >= 0.6 is 0 Å². The number of amides is 1. The van der Waals surface area contributed by atoms with Crippen molar-refractivity contribution >= 4 is 33.9 Å². The lowest BCUT2D eigenvalue weighted by atomic mass is 10.0. The van der Waals surface area contributed by atoms with Gasteiger partial charge in [0.1, 0.15) is 11.3 Å². The van der Waals surface area contributed by atoms with E-state index in [0.717, 1.165) is 36.3 Å². The molecule has 1 amide bonds. The van der Waals surface area contributed by atoms with Gasteiger partial charge in [0.05, 0.1) is 24.5 Å². The number of carbonyl (C=O) groups excluding carboxylic acids is 1. The summed E-state index contributed by atoms with van der Waals surface area (Å²) in [6.45, 7) is 9.99. The average Bonchev–Trinajstić information content (AvgIpc) is 2.82. The van der Waals surface area contributed by atoms with E-state index in [1.807, 2.05) is 48.3 Å². The van der Waals surface area contributed by atoms with Gasteiger partial charge in [0.15, 0.2) is 0 Å². The number of fused-ring (bicyclic) bond motifs is 1. The molecule has 182 valence electrons. The van der Waals surface area contributed by atoms with E-state index in [1.165, 1.54) is 6.07 Å². The van der Waals surface area contributed by atoms with Crippen LogP contribution in [0.25, 0.3) is 11.0 Å². The Hall–Kier alpha value is -3.32. The summed E-state index contributed by atoms with van der Waals surface area (Å²) in [4.78, 5) is 29.6. The second kappa shape index (κ2) is 11.2. The van der Waals surface area contributed by atoms with Crippen LogP contribution in [-0.2, 0) is 4.79 Å². The predicted molar refractivity (Wildman–Crippen MR) is 138 cm³/mol. The Balaban J connectivity index is 1.98. The van der Waals surface area contributed by atoms with Gasteiger partial charge in [0.25, 0.3) is 0 Å². The lowest BCUT2D eigenvalue weighted by Crippen LogP contribution is -2.44. The number of hydrogen-bond donors (Lipinski definition) is 1. The molecule has 2 aromatic carbocycles. The van der Waals surface area contributed by atoms with Gasteiger partial charge in [-0.25, -0.2) is 4.79 Å². The summed E-state index contributed by atoms with van der Waals surface area (Å²) < 4.78 is 10.9. The molecule has 34 heavy (non-hydrogen) atoms. The first-order chi connectivity index (χ1) is 16.3. The van der Waals surface area contributed by atoms with Crippen LogP contribution in [0, 0.1) is 5.92 Å². The number of methoxy groups -OCH3 is 1. The van der Waals surface area contributed by atoms with Gasteiger partial charge < -0.3 is 19.4 Å². The lowest BCUT2D eigenvalue weighted by molar-refractivity contribution is -0.121. The van der Waals surface area contributed by atoms with Crippen molar-refractivity contribution in [2.24, 2.45) is 5.92 Å². The van der Waals surface area contributed by atoms with Crippen molar-refractivity contribution in [1.29, 1.82) is 0 Å². The Morgan fingerprint density at radius 2 is 1.79 bits per heavy atom. The maximum Gasteiger partial charge on any atom is 0.338 e. The molecule has 0 aliphatic rings. The first-order valence-electron chi connectivity index (χ1n) is 11.8.